The van der Waals surface area contributed by atoms with Gasteiger partial charge in [0.15, 0.2) is 0 Å². The quantitative estimate of drug-likeness (QED) is 0.814. The number of allylic oxidation sites excluding steroid dienone is 2. The van der Waals surface area contributed by atoms with Gasteiger partial charge < -0.3 is 10.1 Å². The van der Waals surface area contributed by atoms with Gasteiger partial charge in [0.2, 0.25) is 0 Å². The Kier molecular flexibility index (Phi) is 3.14. The van der Waals surface area contributed by atoms with Crippen molar-refractivity contribution >= 4 is 5.69 Å². The molecule has 1 aliphatic carbocycles. The normalized spacial score (nSPS) is 25.3. The van der Waals surface area contributed by atoms with Crippen LogP contribution in [0.4, 0.5) is 10.1 Å². The highest BCUT2D eigenvalue weighted by molar-refractivity contribution is 5.67. The Morgan fingerprint density at radius 1 is 1.18 bits per heavy atom. The second kappa shape index (κ2) is 5.16. The van der Waals surface area contributed by atoms with E-state index in [0.29, 0.717) is 11.8 Å². The summed E-state index contributed by atoms with van der Waals surface area (Å²) in [5.74, 6) is 1.44. The first kappa shape index (κ1) is 13.4. The average Bonchev–Trinajstić information content (AvgIpc) is 3.03. The highest BCUT2D eigenvalue weighted by atomic mass is 19.1. The number of hydrogen-bond donors (Lipinski definition) is 1. The molecule has 0 spiro atoms. The molecule has 0 amide bonds. The zero-order chi connectivity index (χ0) is 15.1. The van der Waals surface area contributed by atoms with Crippen LogP contribution in [0.15, 0.2) is 54.6 Å². The van der Waals surface area contributed by atoms with Crippen molar-refractivity contribution in [1.29, 1.82) is 0 Å². The van der Waals surface area contributed by atoms with Crippen LogP contribution in [0.3, 0.4) is 0 Å². The Bertz CT molecular complexity index is 740. The second-order valence-electron chi connectivity index (χ2n) is 5.96. The number of methoxy groups -OCH3 is 1. The van der Waals surface area contributed by atoms with Gasteiger partial charge in [0.05, 0.1) is 18.8 Å². The number of nitrogens with one attached hydrogen (secondary N) is 1. The van der Waals surface area contributed by atoms with Crippen LogP contribution in [0.2, 0.25) is 0 Å². The molecule has 0 saturated carbocycles. The molecule has 1 aliphatic heterocycles. The van der Waals surface area contributed by atoms with Gasteiger partial charge >= 0.3 is 0 Å². The fraction of sp³-hybridized carbons (Fsp3) is 0.263. The summed E-state index contributed by atoms with van der Waals surface area (Å²) in [6, 6.07) is 13.1. The summed E-state index contributed by atoms with van der Waals surface area (Å²) in [7, 11) is 1.69. The summed E-state index contributed by atoms with van der Waals surface area (Å²) in [5.41, 5.74) is 3.30. The molecule has 112 valence electrons. The Hall–Kier alpha value is -2.29. The van der Waals surface area contributed by atoms with E-state index in [1.54, 1.807) is 19.2 Å². The first-order chi connectivity index (χ1) is 10.8. The number of benzene rings is 2. The van der Waals surface area contributed by atoms with Crippen LogP contribution in [0.5, 0.6) is 5.75 Å². The van der Waals surface area contributed by atoms with Crippen molar-refractivity contribution in [2.45, 2.75) is 18.4 Å². The summed E-state index contributed by atoms with van der Waals surface area (Å²) in [6.07, 6.45) is 5.52. The third-order valence-corrected chi connectivity index (χ3v) is 4.79. The molecule has 2 aliphatic rings. The minimum atomic E-state index is -0.187. The van der Waals surface area contributed by atoms with Gasteiger partial charge in [0.25, 0.3) is 0 Å². The van der Waals surface area contributed by atoms with Crippen molar-refractivity contribution in [3.8, 4) is 5.75 Å². The molecular weight excluding hydrogens is 277 g/mol. The lowest BCUT2D eigenvalue weighted by Gasteiger charge is -2.38. The van der Waals surface area contributed by atoms with E-state index in [1.165, 1.54) is 11.6 Å². The van der Waals surface area contributed by atoms with E-state index >= 15 is 0 Å². The molecule has 4 rings (SSSR count). The van der Waals surface area contributed by atoms with Crippen molar-refractivity contribution in [1.82, 2.24) is 0 Å². The summed E-state index contributed by atoms with van der Waals surface area (Å²) >= 11 is 0. The van der Waals surface area contributed by atoms with Crippen LogP contribution in [-0.4, -0.2) is 7.11 Å². The highest BCUT2D eigenvalue weighted by Crippen LogP contribution is 2.52. The number of hydrogen-bond acceptors (Lipinski definition) is 2. The molecule has 3 atom stereocenters. The van der Waals surface area contributed by atoms with Gasteiger partial charge in [-0.2, -0.15) is 0 Å². The Morgan fingerprint density at radius 2 is 2.05 bits per heavy atom. The lowest BCUT2D eigenvalue weighted by molar-refractivity contribution is 0.396. The first-order valence-electron chi connectivity index (χ1n) is 7.63. The van der Waals surface area contributed by atoms with E-state index in [0.717, 1.165) is 23.4 Å². The molecule has 3 heteroatoms. The smallest absolute Gasteiger partial charge is 0.142 e. The largest absolute Gasteiger partial charge is 0.495 e. The van der Waals surface area contributed by atoms with Gasteiger partial charge in [0.1, 0.15) is 11.6 Å². The van der Waals surface area contributed by atoms with Crippen molar-refractivity contribution in [3.05, 3.63) is 71.6 Å². The van der Waals surface area contributed by atoms with Crippen molar-refractivity contribution in [3.63, 3.8) is 0 Å². The molecule has 1 N–H and O–H groups in total. The van der Waals surface area contributed by atoms with Crippen molar-refractivity contribution in [2.75, 3.05) is 12.4 Å². The van der Waals surface area contributed by atoms with E-state index in [4.69, 9.17) is 4.74 Å². The fourth-order valence-electron chi connectivity index (χ4n) is 3.79. The van der Waals surface area contributed by atoms with Gasteiger partial charge in [-0.1, -0.05) is 36.4 Å². The van der Waals surface area contributed by atoms with Crippen LogP contribution >= 0.6 is 0 Å². The summed E-state index contributed by atoms with van der Waals surface area (Å²) < 4.78 is 19.1. The minimum Gasteiger partial charge on any atom is -0.495 e. The molecule has 0 saturated heterocycles. The molecule has 0 unspecified atom stereocenters. The predicted molar refractivity (Wildman–Crippen MR) is 85.7 cm³/mol. The number of anilines is 1. The molecule has 2 aromatic rings. The minimum absolute atomic E-state index is 0.0968. The highest BCUT2D eigenvalue weighted by Gasteiger charge is 2.38. The predicted octanol–water partition coefficient (Wildman–Crippen LogP) is 4.66. The molecule has 2 aromatic carbocycles. The van der Waals surface area contributed by atoms with Crippen molar-refractivity contribution in [2.24, 2.45) is 5.92 Å². The molecular formula is C19H18FNO. The Morgan fingerprint density at radius 3 is 2.86 bits per heavy atom. The molecule has 0 fully saturated rings. The lowest BCUT2D eigenvalue weighted by atomic mass is 9.77. The lowest BCUT2D eigenvalue weighted by Crippen LogP contribution is -2.29. The maximum Gasteiger partial charge on any atom is 0.142 e. The van der Waals surface area contributed by atoms with E-state index in [2.05, 4.69) is 23.5 Å². The molecule has 0 bridgehead atoms. The third kappa shape index (κ3) is 2.00. The van der Waals surface area contributed by atoms with Crippen LogP contribution in [0.1, 0.15) is 29.5 Å². The van der Waals surface area contributed by atoms with Gasteiger partial charge in [-0.15, -0.1) is 0 Å². The number of fused-ring (bicyclic) bond motifs is 3. The number of rotatable bonds is 2. The zero-order valence-corrected chi connectivity index (χ0v) is 12.4. The topological polar surface area (TPSA) is 21.3 Å². The van der Waals surface area contributed by atoms with Gasteiger partial charge in [-0.05, 0) is 41.7 Å². The molecule has 0 aromatic heterocycles. The molecule has 2 nitrogen and oxygen atoms in total. The van der Waals surface area contributed by atoms with E-state index < -0.39 is 0 Å². The first-order valence-corrected chi connectivity index (χ1v) is 7.63. The molecule has 0 radical (unpaired) electrons. The summed E-state index contributed by atoms with van der Waals surface area (Å²) in [4.78, 5) is 0. The maximum absolute atomic E-state index is 13.6. The summed E-state index contributed by atoms with van der Waals surface area (Å²) in [6.45, 7) is 0. The van der Waals surface area contributed by atoms with Gasteiger partial charge in [0, 0.05) is 5.92 Å². The average molecular weight is 295 g/mol. The maximum atomic E-state index is 13.6. The van der Waals surface area contributed by atoms with Crippen LogP contribution in [0, 0.1) is 11.7 Å². The van der Waals surface area contributed by atoms with Crippen LogP contribution in [-0.2, 0) is 0 Å². The Labute approximate surface area is 129 Å². The zero-order valence-electron chi connectivity index (χ0n) is 12.4. The van der Waals surface area contributed by atoms with E-state index in [-0.39, 0.29) is 11.9 Å². The van der Waals surface area contributed by atoms with E-state index in [1.807, 2.05) is 18.2 Å². The van der Waals surface area contributed by atoms with Crippen LogP contribution < -0.4 is 10.1 Å². The van der Waals surface area contributed by atoms with E-state index in [9.17, 15) is 4.39 Å². The standard InChI is InChI=1S/C19H18FNO/c1-22-17-10-4-9-16-14-7-3-8-15(14)18(21-19(16)17)12-5-2-6-13(20)11-12/h2-7,9-11,14-15,18,21H,8H2,1H3/t14-,15-,18+/m0/s1. The van der Waals surface area contributed by atoms with Crippen LogP contribution in [0.25, 0.3) is 0 Å². The fourth-order valence-corrected chi connectivity index (χ4v) is 3.79. The second-order valence-corrected chi connectivity index (χ2v) is 5.96. The summed E-state index contributed by atoms with van der Waals surface area (Å²) in [5, 5.41) is 3.60. The van der Waals surface area contributed by atoms with Crippen molar-refractivity contribution < 1.29 is 9.13 Å². The SMILES string of the molecule is COc1cccc2c1N[C@H](c1cccc(F)c1)[C@H]1CC=C[C@H]21. The van der Waals surface area contributed by atoms with Gasteiger partial charge in [-0.3, -0.25) is 0 Å². The number of halogens is 1. The molecule has 22 heavy (non-hydrogen) atoms. The monoisotopic (exact) mass is 295 g/mol. The molecule has 1 heterocycles. The van der Waals surface area contributed by atoms with Gasteiger partial charge in [-0.25, -0.2) is 4.39 Å². The number of para-hydroxylation sites is 1. The Balaban J connectivity index is 1.83. The number of ether oxygens (including phenoxy) is 1. The third-order valence-electron chi connectivity index (χ3n) is 4.79.